The Kier molecular flexibility index (Phi) is 5.38. The second-order valence-corrected chi connectivity index (χ2v) is 7.96. The molecule has 0 spiro atoms. The number of hydrogen-bond donors (Lipinski definition) is 1. The average molecular weight is 429 g/mol. The quantitative estimate of drug-likeness (QED) is 0.359. The van der Waals surface area contributed by atoms with Crippen LogP contribution in [0.25, 0.3) is 33.4 Å². The largest absolute Gasteiger partial charge is 0.320 e. The van der Waals surface area contributed by atoms with Crippen molar-refractivity contribution in [3.8, 4) is 34.7 Å². The predicted octanol–water partition coefficient (Wildman–Crippen LogP) is 5.70. The number of hydrogen-bond acceptors (Lipinski definition) is 2. The van der Waals surface area contributed by atoms with Gasteiger partial charge >= 0.3 is 0 Å². The summed E-state index contributed by atoms with van der Waals surface area (Å²) >= 11 is 0. The number of fused-ring (bicyclic) bond motifs is 1. The van der Waals surface area contributed by atoms with Gasteiger partial charge in [-0.1, -0.05) is 78.7 Å². The molecule has 5 aromatic rings. The predicted molar refractivity (Wildman–Crippen MR) is 134 cm³/mol. The van der Waals surface area contributed by atoms with Crippen LogP contribution in [0.3, 0.4) is 0 Å². The van der Waals surface area contributed by atoms with Gasteiger partial charge in [-0.05, 0) is 35.7 Å². The molecule has 0 fully saturated rings. The van der Waals surface area contributed by atoms with Gasteiger partial charge in [-0.3, -0.25) is 5.41 Å². The van der Waals surface area contributed by atoms with Crippen LogP contribution in [0.15, 0.2) is 91.3 Å². The molecule has 33 heavy (non-hydrogen) atoms. The summed E-state index contributed by atoms with van der Waals surface area (Å²) in [5.41, 5.74) is 7.46. The van der Waals surface area contributed by atoms with Gasteiger partial charge in [0.15, 0.2) is 0 Å². The molecule has 4 nitrogen and oxygen atoms in total. The normalized spacial score (nSPS) is 10.9. The molecule has 160 valence electrons. The van der Waals surface area contributed by atoms with E-state index >= 15 is 0 Å². The number of aryl methyl sites for hydroxylation is 1. The number of rotatable bonds is 5. The number of nitrogens with one attached hydrogen (secondary N) is 1. The van der Waals surface area contributed by atoms with E-state index < -0.39 is 0 Å². The zero-order valence-corrected chi connectivity index (χ0v) is 18.5. The lowest BCUT2D eigenvalue weighted by molar-refractivity contribution is 0.691. The van der Waals surface area contributed by atoms with Gasteiger partial charge < -0.3 is 9.13 Å². The van der Waals surface area contributed by atoms with Gasteiger partial charge in [-0.15, -0.1) is 6.42 Å². The first-order valence-corrected chi connectivity index (χ1v) is 11.0. The van der Waals surface area contributed by atoms with Gasteiger partial charge in [-0.25, -0.2) is 4.98 Å². The fourth-order valence-electron chi connectivity index (χ4n) is 4.41. The van der Waals surface area contributed by atoms with Crippen LogP contribution in [0.1, 0.15) is 18.1 Å². The molecule has 4 heteroatoms. The third kappa shape index (κ3) is 3.64. The maximum Gasteiger partial charge on any atom is 0.146 e. The molecule has 3 aromatic carbocycles. The highest BCUT2D eigenvalue weighted by atomic mass is 15.1. The lowest BCUT2D eigenvalue weighted by Gasteiger charge is -2.13. The van der Waals surface area contributed by atoms with Gasteiger partial charge in [0.05, 0.1) is 17.4 Å². The summed E-state index contributed by atoms with van der Waals surface area (Å²) in [4.78, 5) is 4.85. The van der Waals surface area contributed by atoms with Crippen molar-refractivity contribution in [3.63, 3.8) is 0 Å². The summed E-state index contributed by atoms with van der Waals surface area (Å²) in [6.07, 6.45) is 7.43. The molecule has 0 saturated heterocycles. The first kappa shape index (κ1) is 20.5. The van der Waals surface area contributed by atoms with E-state index in [-0.39, 0.29) is 0 Å². The fourth-order valence-corrected chi connectivity index (χ4v) is 4.41. The van der Waals surface area contributed by atoms with Crippen molar-refractivity contribution in [2.45, 2.75) is 20.0 Å². The Hall–Kier alpha value is -4.36. The molecule has 0 bridgehead atoms. The molecular weight excluding hydrogens is 404 g/mol. The van der Waals surface area contributed by atoms with Gasteiger partial charge in [0.25, 0.3) is 0 Å². The van der Waals surface area contributed by atoms with Gasteiger partial charge in [0, 0.05) is 24.2 Å². The van der Waals surface area contributed by atoms with Crippen LogP contribution in [0.5, 0.6) is 0 Å². The first-order chi connectivity index (χ1) is 16.2. The Morgan fingerprint density at radius 2 is 1.61 bits per heavy atom. The van der Waals surface area contributed by atoms with Crippen LogP contribution in [0, 0.1) is 17.8 Å². The Morgan fingerprint density at radius 1 is 0.909 bits per heavy atom. The minimum absolute atomic E-state index is 0.467. The van der Waals surface area contributed by atoms with Crippen LogP contribution < -0.4 is 5.49 Å². The maximum absolute atomic E-state index is 9.03. The van der Waals surface area contributed by atoms with Crippen LogP contribution in [0.2, 0.25) is 0 Å². The Labute approximate surface area is 193 Å². The monoisotopic (exact) mass is 428 g/mol. The molecule has 0 atom stereocenters. The highest BCUT2D eigenvalue weighted by Gasteiger charge is 2.23. The Bertz CT molecular complexity index is 1530. The van der Waals surface area contributed by atoms with E-state index in [1.54, 1.807) is 6.33 Å². The SMILES string of the molecule is C#Cc1cccc(Cn2c(-c3ccccc3)c(-c3ccccc3)c3c(=N)n(CC)cnc32)c1. The summed E-state index contributed by atoms with van der Waals surface area (Å²) in [6.45, 7) is 3.33. The molecule has 0 unspecified atom stereocenters. The average Bonchev–Trinajstić information content (AvgIpc) is 3.20. The molecule has 0 radical (unpaired) electrons. The lowest BCUT2D eigenvalue weighted by atomic mass is 9.99. The summed E-state index contributed by atoms with van der Waals surface area (Å²) in [5.74, 6) is 2.73. The van der Waals surface area contributed by atoms with Crippen molar-refractivity contribution in [1.29, 1.82) is 5.41 Å². The van der Waals surface area contributed by atoms with Gasteiger partial charge in [0.2, 0.25) is 0 Å². The molecule has 0 aliphatic heterocycles. The van der Waals surface area contributed by atoms with E-state index in [1.165, 1.54) is 0 Å². The van der Waals surface area contributed by atoms with Crippen molar-refractivity contribution in [2.75, 3.05) is 0 Å². The van der Waals surface area contributed by atoms with Gasteiger partial charge in [-0.2, -0.15) is 0 Å². The van der Waals surface area contributed by atoms with E-state index in [9.17, 15) is 0 Å². The second-order valence-electron chi connectivity index (χ2n) is 7.96. The van der Waals surface area contributed by atoms with E-state index in [4.69, 9.17) is 16.8 Å². The summed E-state index contributed by atoms with van der Waals surface area (Å²) in [5, 5.41) is 9.89. The lowest BCUT2D eigenvalue weighted by Crippen LogP contribution is -2.20. The van der Waals surface area contributed by atoms with E-state index in [2.05, 4.69) is 40.8 Å². The van der Waals surface area contributed by atoms with Crippen molar-refractivity contribution in [2.24, 2.45) is 0 Å². The molecule has 5 rings (SSSR count). The van der Waals surface area contributed by atoms with Crippen molar-refractivity contribution >= 4 is 11.0 Å². The number of terminal acetylenes is 1. The minimum atomic E-state index is 0.467. The van der Waals surface area contributed by atoms with E-state index in [0.717, 1.165) is 44.5 Å². The van der Waals surface area contributed by atoms with Crippen LogP contribution in [-0.2, 0) is 13.1 Å². The molecule has 1 N–H and O–H groups in total. The van der Waals surface area contributed by atoms with Crippen LogP contribution in [0.4, 0.5) is 0 Å². The molecule has 0 aliphatic carbocycles. The van der Waals surface area contributed by atoms with Crippen molar-refractivity contribution < 1.29 is 0 Å². The summed E-state index contributed by atoms with van der Waals surface area (Å²) in [6, 6.07) is 28.7. The second kappa shape index (κ2) is 8.64. The molecule has 2 aromatic heterocycles. The zero-order chi connectivity index (χ0) is 22.8. The van der Waals surface area contributed by atoms with Crippen molar-refractivity contribution in [1.82, 2.24) is 14.1 Å². The van der Waals surface area contributed by atoms with Gasteiger partial charge in [0.1, 0.15) is 11.1 Å². The fraction of sp³-hybridized carbons (Fsp3) is 0.103. The Balaban J connectivity index is 1.90. The first-order valence-electron chi connectivity index (χ1n) is 11.0. The van der Waals surface area contributed by atoms with Crippen LogP contribution >= 0.6 is 0 Å². The molecular formula is C29H24N4. The third-order valence-electron chi connectivity index (χ3n) is 5.96. The maximum atomic E-state index is 9.03. The summed E-state index contributed by atoms with van der Waals surface area (Å²) < 4.78 is 4.10. The number of aromatic nitrogens is 3. The van der Waals surface area contributed by atoms with E-state index in [0.29, 0.717) is 18.6 Å². The number of benzene rings is 3. The number of nitrogens with zero attached hydrogens (tertiary/aromatic N) is 3. The standard InChI is InChI=1S/C29H24N4/c1-3-21-12-11-13-22(18-21)19-33-27(24-16-9-6-10-17-24)25(23-14-7-5-8-15-23)26-28(30)32(4-2)20-31-29(26)33/h1,5-18,20,30H,4,19H2,2H3. The summed E-state index contributed by atoms with van der Waals surface area (Å²) in [7, 11) is 0. The highest BCUT2D eigenvalue weighted by Crippen LogP contribution is 2.39. The van der Waals surface area contributed by atoms with Crippen LogP contribution in [-0.4, -0.2) is 14.1 Å². The molecule has 0 aliphatic rings. The van der Waals surface area contributed by atoms with Crippen molar-refractivity contribution in [3.05, 3.63) is 108 Å². The topological polar surface area (TPSA) is 46.6 Å². The zero-order valence-electron chi connectivity index (χ0n) is 18.5. The van der Waals surface area contributed by atoms with E-state index in [1.807, 2.05) is 66.1 Å². The minimum Gasteiger partial charge on any atom is -0.320 e. The molecule has 0 saturated carbocycles. The molecule has 0 amide bonds. The smallest absolute Gasteiger partial charge is 0.146 e. The Morgan fingerprint density at radius 3 is 2.27 bits per heavy atom. The third-order valence-corrected chi connectivity index (χ3v) is 5.96. The molecule has 2 heterocycles. The highest BCUT2D eigenvalue weighted by molar-refractivity contribution is 6.02.